The molecule has 3 nitrogen and oxygen atoms in total. The van der Waals surface area contributed by atoms with Crippen molar-refractivity contribution in [2.75, 3.05) is 0 Å². The lowest BCUT2D eigenvalue weighted by molar-refractivity contribution is 0.276. The molecule has 0 saturated carbocycles. The van der Waals surface area contributed by atoms with E-state index in [9.17, 15) is 0 Å². The first-order valence-corrected chi connectivity index (χ1v) is 4.96. The Hall–Kier alpha value is -1.61. The number of nitrogens with zero attached hydrogens (tertiary/aromatic N) is 1. The van der Waals surface area contributed by atoms with E-state index in [0.717, 1.165) is 12.8 Å². The van der Waals surface area contributed by atoms with Gasteiger partial charge in [0.05, 0.1) is 6.61 Å². The molecule has 0 fully saturated rings. The fourth-order valence-corrected chi connectivity index (χ4v) is 1.43. The summed E-state index contributed by atoms with van der Waals surface area (Å²) < 4.78 is 5.21. The first-order valence-electron chi connectivity index (χ1n) is 4.96. The Bertz CT molecular complexity index is 409. The van der Waals surface area contributed by atoms with Crippen LogP contribution in [0.5, 0.6) is 0 Å². The van der Waals surface area contributed by atoms with Crippen molar-refractivity contribution < 1.29 is 9.52 Å². The van der Waals surface area contributed by atoms with Gasteiger partial charge in [0.25, 0.3) is 0 Å². The molecule has 1 heterocycles. The third-order valence-corrected chi connectivity index (χ3v) is 2.23. The molecule has 0 bridgehead atoms. The van der Waals surface area contributed by atoms with Gasteiger partial charge >= 0.3 is 0 Å². The van der Waals surface area contributed by atoms with E-state index in [2.05, 4.69) is 17.1 Å². The number of hydrogen-bond acceptors (Lipinski definition) is 3. The van der Waals surface area contributed by atoms with Gasteiger partial charge in [0.2, 0.25) is 0 Å². The summed E-state index contributed by atoms with van der Waals surface area (Å²) in [6.45, 7) is -0.0607. The molecule has 1 aromatic carbocycles. The molecule has 78 valence electrons. The van der Waals surface area contributed by atoms with Crippen molar-refractivity contribution in [2.24, 2.45) is 0 Å². The third kappa shape index (κ3) is 2.67. The summed E-state index contributed by atoms with van der Waals surface area (Å²) in [5.41, 5.74) is 1.86. The quantitative estimate of drug-likeness (QED) is 0.826. The van der Waals surface area contributed by atoms with E-state index in [4.69, 9.17) is 9.52 Å². The minimum absolute atomic E-state index is 0.0607. The van der Waals surface area contributed by atoms with Gasteiger partial charge in [0.15, 0.2) is 5.89 Å². The van der Waals surface area contributed by atoms with Crippen molar-refractivity contribution in [2.45, 2.75) is 19.4 Å². The van der Waals surface area contributed by atoms with Crippen LogP contribution in [0, 0.1) is 0 Å². The van der Waals surface area contributed by atoms with Crippen LogP contribution in [0.25, 0.3) is 0 Å². The molecule has 1 N–H and O–H groups in total. The zero-order valence-electron chi connectivity index (χ0n) is 8.39. The lowest BCUT2D eigenvalue weighted by Crippen LogP contribution is -1.92. The SMILES string of the molecule is OCc1coc(CCc2ccccc2)n1. The van der Waals surface area contributed by atoms with Gasteiger partial charge in [-0.3, -0.25) is 0 Å². The first kappa shape index (κ1) is 9.93. The van der Waals surface area contributed by atoms with Crippen molar-refractivity contribution in [3.05, 3.63) is 53.7 Å². The smallest absolute Gasteiger partial charge is 0.194 e. The number of rotatable bonds is 4. The second kappa shape index (κ2) is 4.75. The molecule has 0 saturated heterocycles. The van der Waals surface area contributed by atoms with Crippen LogP contribution >= 0.6 is 0 Å². The van der Waals surface area contributed by atoms with Crippen molar-refractivity contribution in [3.8, 4) is 0 Å². The van der Waals surface area contributed by atoms with Crippen LogP contribution in [0.1, 0.15) is 17.1 Å². The molecule has 0 radical (unpaired) electrons. The van der Waals surface area contributed by atoms with Gasteiger partial charge in [-0.2, -0.15) is 0 Å². The van der Waals surface area contributed by atoms with Crippen molar-refractivity contribution in [3.63, 3.8) is 0 Å². The van der Waals surface area contributed by atoms with E-state index in [1.165, 1.54) is 11.8 Å². The van der Waals surface area contributed by atoms with Crippen LogP contribution in [0.2, 0.25) is 0 Å². The molecule has 0 unspecified atom stereocenters. The van der Waals surface area contributed by atoms with E-state index < -0.39 is 0 Å². The average molecular weight is 203 g/mol. The van der Waals surface area contributed by atoms with Crippen LogP contribution in [-0.2, 0) is 19.4 Å². The van der Waals surface area contributed by atoms with Gasteiger partial charge in [0.1, 0.15) is 12.0 Å². The number of oxazole rings is 1. The fourth-order valence-electron chi connectivity index (χ4n) is 1.43. The summed E-state index contributed by atoms with van der Waals surface area (Å²) in [6, 6.07) is 10.2. The van der Waals surface area contributed by atoms with Gasteiger partial charge in [-0.1, -0.05) is 30.3 Å². The number of aliphatic hydroxyl groups excluding tert-OH is 1. The van der Waals surface area contributed by atoms with E-state index in [-0.39, 0.29) is 6.61 Å². The molecule has 0 aliphatic rings. The van der Waals surface area contributed by atoms with Crippen LogP contribution in [-0.4, -0.2) is 10.1 Å². The highest BCUT2D eigenvalue weighted by molar-refractivity contribution is 5.15. The maximum absolute atomic E-state index is 8.81. The first-order chi connectivity index (χ1) is 7.38. The molecular weight excluding hydrogens is 190 g/mol. The summed E-state index contributed by atoms with van der Waals surface area (Å²) in [7, 11) is 0. The Morgan fingerprint density at radius 3 is 2.60 bits per heavy atom. The van der Waals surface area contributed by atoms with E-state index in [1.807, 2.05) is 18.2 Å². The maximum Gasteiger partial charge on any atom is 0.194 e. The van der Waals surface area contributed by atoms with Gasteiger partial charge in [0, 0.05) is 6.42 Å². The fraction of sp³-hybridized carbons (Fsp3) is 0.250. The van der Waals surface area contributed by atoms with Gasteiger partial charge < -0.3 is 9.52 Å². The summed E-state index contributed by atoms with van der Waals surface area (Å²) in [6.07, 6.45) is 3.18. The van der Waals surface area contributed by atoms with Gasteiger partial charge in [-0.15, -0.1) is 0 Å². The van der Waals surface area contributed by atoms with Crippen molar-refractivity contribution in [1.29, 1.82) is 0 Å². The summed E-state index contributed by atoms with van der Waals surface area (Å²) in [4.78, 5) is 4.13. The predicted molar refractivity (Wildman–Crippen MR) is 56.3 cm³/mol. The number of aromatic nitrogens is 1. The highest BCUT2D eigenvalue weighted by Gasteiger charge is 2.02. The molecule has 0 spiro atoms. The third-order valence-electron chi connectivity index (χ3n) is 2.23. The van der Waals surface area contributed by atoms with Crippen LogP contribution in [0.15, 0.2) is 41.0 Å². The molecule has 2 aromatic rings. The maximum atomic E-state index is 8.81. The van der Waals surface area contributed by atoms with Crippen LogP contribution < -0.4 is 0 Å². The Labute approximate surface area is 88.4 Å². The minimum Gasteiger partial charge on any atom is -0.449 e. The van der Waals surface area contributed by atoms with Gasteiger partial charge in [-0.05, 0) is 12.0 Å². The molecule has 0 aliphatic heterocycles. The normalized spacial score (nSPS) is 10.5. The molecule has 0 atom stereocenters. The van der Waals surface area contributed by atoms with Crippen molar-refractivity contribution >= 4 is 0 Å². The monoisotopic (exact) mass is 203 g/mol. The molecule has 0 amide bonds. The molecular formula is C12H13NO2. The lowest BCUT2D eigenvalue weighted by atomic mass is 10.1. The molecule has 1 aromatic heterocycles. The second-order valence-corrected chi connectivity index (χ2v) is 3.38. The van der Waals surface area contributed by atoms with Crippen LogP contribution in [0.4, 0.5) is 0 Å². The molecule has 3 heteroatoms. The second-order valence-electron chi connectivity index (χ2n) is 3.38. The van der Waals surface area contributed by atoms with E-state index in [1.54, 1.807) is 0 Å². The Morgan fingerprint density at radius 1 is 1.13 bits per heavy atom. The Balaban J connectivity index is 1.93. The average Bonchev–Trinajstić information content (AvgIpc) is 2.76. The highest BCUT2D eigenvalue weighted by atomic mass is 16.3. The Morgan fingerprint density at radius 2 is 1.93 bits per heavy atom. The predicted octanol–water partition coefficient (Wildman–Crippen LogP) is 1.95. The molecule has 15 heavy (non-hydrogen) atoms. The summed E-state index contributed by atoms with van der Waals surface area (Å²) in [5.74, 6) is 0.683. The number of benzene rings is 1. The number of aliphatic hydroxyl groups is 1. The Kier molecular flexibility index (Phi) is 3.15. The zero-order chi connectivity index (χ0) is 10.5. The topological polar surface area (TPSA) is 46.3 Å². The van der Waals surface area contributed by atoms with E-state index >= 15 is 0 Å². The largest absolute Gasteiger partial charge is 0.449 e. The minimum atomic E-state index is -0.0607. The lowest BCUT2D eigenvalue weighted by Gasteiger charge is -1.96. The highest BCUT2D eigenvalue weighted by Crippen LogP contribution is 2.07. The summed E-state index contributed by atoms with van der Waals surface area (Å²) >= 11 is 0. The number of aryl methyl sites for hydroxylation is 2. The standard InChI is InChI=1S/C12H13NO2/c14-8-11-9-15-12(13-11)7-6-10-4-2-1-3-5-10/h1-5,9,14H,6-8H2. The van der Waals surface area contributed by atoms with E-state index in [0.29, 0.717) is 11.6 Å². The van der Waals surface area contributed by atoms with Gasteiger partial charge in [-0.25, -0.2) is 4.98 Å². The van der Waals surface area contributed by atoms with Crippen molar-refractivity contribution in [1.82, 2.24) is 4.98 Å². The summed E-state index contributed by atoms with van der Waals surface area (Å²) in [5, 5.41) is 8.81. The zero-order valence-corrected chi connectivity index (χ0v) is 8.39. The number of hydrogen-bond donors (Lipinski definition) is 1. The molecule has 0 aliphatic carbocycles. The molecule has 2 rings (SSSR count). The van der Waals surface area contributed by atoms with Crippen LogP contribution in [0.3, 0.4) is 0 Å².